The summed E-state index contributed by atoms with van der Waals surface area (Å²) in [7, 11) is 2.06. The molecule has 0 aliphatic heterocycles. The predicted molar refractivity (Wildman–Crippen MR) is 72.8 cm³/mol. The van der Waals surface area contributed by atoms with Gasteiger partial charge in [-0.2, -0.15) is 0 Å². The maximum absolute atomic E-state index is 5.30. The third-order valence-corrected chi connectivity index (χ3v) is 3.04. The van der Waals surface area contributed by atoms with Gasteiger partial charge in [0.2, 0.25) is 5.52 Å². The molecule has 0 bridgehead atoms. The Labute approximate surface area is 106 Å². The smallest absolute Gasteiger partial charge is 0.212 e. The predicted octanol–water partition coefficient (Wildman–Crippen LogP) is 3.43. The molecule has 0 N–H and O–H groups in total. The first-order valence-electron chi connectivity index (χ1n) is 5.93. The van der Waals surface area contributed by atoms with Crippen LogP contribution in [0.2, 0.25) is 0 Å². The van der Waals surface area contributed by atoms with Crippen molar-refractivity contribution in [3.05, 3.63) is 66.2 Å². The van der Waals surface area contributed by atoms with Crippen LogP contribution in [0.15, 0.2) is 59.3 Å². The maximum Gasteiger partial charge on any atom is 0.212 e. The number of benzene rings is 1. The zero-order valence-corrected chi connectivity index (χ0v) is 10.2. The Hall–Kier alpha value is -2.35. The monoisotopic (exact) mass is 236 g/mol. The number of pyridine rings is 1. The van der Waals surface area contributed by atoms with Gasteiger partial charge >= 0.3 is 0 Å². The molecule has 0 radical (unpaired) electrons. The Morgan fingerprint density at radius 1 is 1.00 bits per heavy atom. The molecule has 0 aliphatic rings. The molecule has 0 saturated carbocycles. The Morgan fingerprint density at radius 2 is 1.89 bits per heavy atom. The molecule has 0 aliphatic carbocycles. The normalized spacial score (nSPS) is 11.4. The number of fused-ring (bicyclic) bond motifs is 1. The van der Waals surface area contributed by atoms with E-state index >= 15 is 0 Å². The van der Waals surface area contributed by atoms with Crippen molar-refractivity contribution < 1.29 is 8.98 Å². The number of furan rings is 1. The second-order valence-electron chi connectivity index (χ2n) is 4.25. The Kier molecular flexibility index (Phi) is 2.69. The number of aryl methyl sites for hydroxylation is 1. The van der Waals surface area contributed by atoms with Gasteiger partial charge in [0, 0.05) is 12.1 Å². The third-order valence-electron chi connectivity index (χ3n) is 3.04. The van der Waals surface area contributed by atoms with Gasteiger partial charge in [0.25, 0.3) is 0 Å². The molecule has 0 amide bonds. The van der Waals surface area contributed by atoms with Gasteiger partial charge in [0.15, 0.2) is 6.20 Å². The van der Waals surface area contributed by atoms with E-state index in [4.69, 9.17) is 4.42 Å². The maximum atomic E-state index is 5.30. The summed E-state index contributed by atoms with van der Waals surface area (Å²) in [6.07, 6.45) is 7.83. The lowest BCUT2D eigenvalue weighted by molar-refractivity contribution is -0.644. The summed E-state index contributed by atoms with van der Waals surface area (Å²) in [6.45, 7) is 0. The van der Waals surface area contributed by atoms with Crippen LogP contribution in [0.1, 0.15) is 11.3 Å². The molecule has 0 spiro atoms. The highest BCUT2D eigenvalue weighted by Crippen LogP contribution is 2.17. The molecule has 0 saturated heterocycles. The summed E-state index contributed by atoms with van der Waals surface area (Å²) in [5.41, 5.74) is 2.42. The van der Waals surface area contributed by atoms with Crippen LogP contribution in [0.3, 0.4) is 0 Å². The number of hydrogen-bond acceptors (Lipinski definition) is 1. The molecule has 2 aromatic heterocycles. The van der Waals surface area contributed by atoms with E-state index in [1.54, 1.807) is 6.26 Å². The number of hydrogen-bond donors (Lipinski definition) is 0. The van der Waals surface area contributed by atoms with Gasteiger partial charge in [-0.3, -0.25) is 0 Å². The molecule has 88 valence electrons. The Bertz CT molecular complexity index is 696. The highest BCUT2D eigenvalue weighted by atomic mass is 16.3. The van der Waals surface area contributed by atoms with Gasteiger partial charge in [0.05, 0.1) is 11.6 Å². The molecular formula is C16H14NO+. The lowest BCUT2D eigenvalue weighted by atomic mass is 10.1. The zero-order valence-electron chi connectivity index (χ0n) is 10.2. The Balaban J connectivity index is 2.10. The van der Waals surface area contributed by atoms with E-state index in [1.807, 2.05) is 18.2 Å². The molecule has 1 aromatic carbocycles. The minimum absolute atomic E-state index is 0.868. The molecular weight excluding hydrogens is 222 g/mol. The van der Waals surface area contributed by atoms with Crippen molar-refractivity contribution >= 4 is 23.1 Å². The van der Waals surface area contributed by atoms with Crippen molar-refractivity contribution in [2.24, 2.45) is 7.05 Å². The molecule has 0 fully saturated rings. The zero-order chi connectivity index (χ0) is 12.4. The van der Waals surface area contributed by atoms with E-state index in [9.17, 15) is 0 Å². The molecule has 0 atom stereocenters. The van der Waals surface area contributed by atoms with Crippen LogP contribution in [0, 0.1) is 0 Å². The van der Waals surface area contributed by atoms with Gasteiger partial charge in [-0.1, -0.05) is 18.2 Å². The summed E-state index contributed by atoms with van der Waals surface area (Å²) < 4.78 is 7.42. The Morgan fingerprint density at radius 3 is 2.72 bits per heavy atom. The van der Waals surface area contributed by atoms with Crippen LogP contribution in [0.4, 0.5) is 0 Å². The average Bonchev–Trinajstić information content (AvgIpc) is 2.92. The second-order valence-corrected chi connectivity index (χ2v) is 4.25. The summed E-state index contributed by atoms with van der Waals surface area (Å²) in [5, 5.41) is 1.24. The van der Waals surface area contributed by atoms with E-state index in [-0.39, 0.29) is 0 Å². The first kappa shape index (κ1) is 10.8. The van der Waals surface area contributed by atoms with Crippen molar-refractivity contribution in [3.8, 4) is 0 Å². The minimum Gasteiger partial charge on any atom is -0.465 e. The van der Waals surface area contributed by atoms with E-state index < -0.39 is 0 Å². The summed E-state index contributed by atoms with van der Waals surface area (Å²) in [5.74, 6) is 0.868. The van der Waals surface area contributed by atoms with E-state index in [1.165, 1.54) is 16.5 Å². The number of nitrogens with zero attached hydrogens (tertiary/aromatic N) is 1. The van der Waals surface area contributed by atoms with Crippen molar-refractivity contribution in [3.63, 3.8) is 0 Å². The van der Waals surface area contributed by atoms with E-state index in [0.29, 0.717) is 0 Å². The first-order chi connectivity index (χ1) is 8.84. The van der Waals surface area contributed by atoms with Crippen LogP contribution in [0.25, 0.3) is 23.1 Å². The molecule has 0 unspecified atom stereocenters. The van der Waals surface area contributed by atoms with E-state index in [0.717, 1.165) is 5.76 Å². The molecule has 18 heavy (non-hydrogen) atoms. The second kappa shape index (κ2) is 4.49. The van der Waals surface area contributed by atoms with Crippen LogP contribution < -0.4 is 4.57 Å². The molecule has 3 rings (SSSR count). The van der Waals surface area contributed by atoms with Crippen molar-refractivity contribution in [2.75, 3.05) is 0 Å². The van der Waals surface area contributed by atoms with Gasteiger partial charge in [0.1, 0.15) is 12.8 Å². The first-order valence-corrected chi connectivity index (χ1v) is 5.93. The number of para-hydroxylation sites is 1. The quantitative estimate of drug-likeness (QED) is 0.623. The summed E-state index contributed by atoms with van der Waals surface area (Å²) in [6, 6.07) is 14.3. The van der Waals surface area contributed by atoms with Gasteiger partial charge < -0.3 is 4.42 Å². The standard InChI is InChI=1S/C16H14NO/c1-17-11-10-13(8-9-14-5-4-12-18-14)15-6-2-3-7-16(15)17/h2-12H,1H3/q+1/b9-8-. The average molecular weight is 236 g/mol. The molecule has 3 aromatic rings. The fraction of sp³-hybridized carbons (Fsp3) is 0.0625. The SMILES string of the molecule is C[n+]1ccc(/C=C\c2ccco2)c2ccccc21. The fourth-order valence-corrected chi connectivity index (χ4v) is 2.09. The molecule has 2 heteroatoms. The third kappa shape index (κ3) is 1.93. The fourth-order valence-electron chi connectivity index (χ4n) is 2.09. The number of rotatable bonds is 2. The highest BCUT2D eigenvalue weighted by molar-refractivity contribution is 5.88. The van der Waals surface area contributed by atoms with Crippen LogP contribution >= 0.6 is 0 Å². The molecule has 2 nitrogen and oxygen atoms in total. The van der Waals surface area contributed by atoms with Gasteiger partial charge in [-0.25, -0.2) is 4.57 Å². The van der Waals surface area contributed by atoms with Crippen LogP contribution in [-0.4, -0.2) is 0 Å². The number of aromatic nitrogens is 1. The largest absolute Gasteiger partial charge is 0.465 e. The van der Waals surface area contributed by atoms with Crippen molar-refractivity contribution in [2.45, 2.75) is 0 Å². The highest BCUT2D eigenvalue weighted by Gasteiger charge is 2.06. The lowest BCUT2D eigenvalue weighted by Crippen LogP contribution is -2.28. The van der Waals surface area contributed by atoms with Gasteiger partial charge in [-0.15, -0.1) is 0 Å². The van der Waals surface area contributed by atoms with E-state index in [2.05, 4.69) is 54.2 Å². The van der Waals surface area contributed by atoms with Crippen LogP contribution in [-0.2, 0) is 7.05 Å². The minimum atomic E-state index is 0.868. The summed E-state index contributed by atoms with van der Waals surface area (Å²) in [4.78, 5) is 0. The van der Waals surface area contributed by atoms with Gasteiger partial charge in [-0.05, 0) is 29.8 Å². The van der Waals surface area contributed by atoms with Crippen molar-refractivity contribution in [1.82, 2.24) is 0 Å². The topological polar surface area (TPSA) is 17.0 Å². The van der Waals surface area contributed by atoms with Crippen molar-refractivity contribution in [1.29, 1.82) is 0 Å². The molecule has 2 heterocycles. The van der Waals surface area contributed by atoms with Crippen LogP contribution in [0.5, 0.6) is 0 Å². The summed E-state index contributed by atoms with van der Waals surface area (Å²) >= 11 is 0. The lowest BCUT2D eigenvalue weighted by Gasteiger charge is -2.00.